The maximum atomic E-state index is 11.8. The third kappa shape index (κ3) is 2.51. The molecule has 0 amide bonds. The van der Waals surface area contributed by atoms with E-state index in [1.165, 1.54) is 24.5 Å². The molecule has 0 aliphatic heterocycles. The molecule has 0 fully saturated rings. The fourth-order valence-corrected chi connectivity index (χ4v) is 2.39. The monoisotopic (exact) mass is 272 g/mol. The van der Waals surface area contributed by atoms with Gasteiger partial charge >= 0.3 is 0 Å². The van der Waals surface area contributed by atoms with Gasteiger partial charge in [0.15, 0.2) is 0 Å². The van der Waals surface area contributed by atoms with Crippen molar-refractivity contribution >= 4 is 33.0 Å². The van der Waals surface area contributed by atoms with E-state index in [0.29, 0.717) is 5.02 Å². The van der Waals surface area contributed by atoms with Crippen molar-refractivity contribution in [3.63, 3.8) is 0 Å². The van der Waals surface area contributed by atoms with Crippen molar-refractivity contribution in [2.75, 3.05) is 10.5 Å². The van der Waals surface area contributed by atoms with Gasteiger partial charge in [-0.15, -0.1) is 0 Å². The number of hydrogen-bond donors (Lipinski definition) is 3. The zero-order valence-corrected chi connectivity index (χ0v) is 10.1. The lowest BCUT2D eigenvalue weighted by atomic mass is 10.3. The molecule has 0 saturated heterocycles. The molecule has 8 heteroatoms. The summed E-state index contributed by atoms with van der Waals surface area (Å²) in [6, 6.07) is 4.51. The second kappa shape index (κ2) is 4.27. The number of nitrogens with two attached hydrogens (primary N) is 1. The first-order valence-electron chi connectivity index (χ1n) is 4.56. The van der Waals surface area contributed by atoms with Crippen LogP contribution in [0, 0.1) is 0 Å². The van der Waals surface area contributed by atoms with Gasteiger partial charge in [-0.3, -0.25) is 9.82 Å². The van der Waals surface area contributed by atoms with Gasteiger partial charge in [-0.1, -0.05) is 11.6 Å². The fourth-order valence-electron chi connectivity index (χ4n) is 1.22. The first kappa shape index (κ1) is 11.7. The highest BCUT2D eigenvalue weighted by Gasteiger charge is 2.16. The largest absolute Gasteiger partial charge is 0.397 e. The predicted octanol–water partition coefficient (Wildman–Crippen LogP) is 1.45. The van der Waals surface area contributed by atoms with Gasteiger partial charge in [0.1, 0.15) is 4.90 Å². The summed E-state index contributed by atoms with van der Waals surface area (Å²) in [5.74, 6) is 0. The van der Waals surface area contributed by atoms with Crippen LogP contribution in [0.4, 0.5) is 11.4 Å². The van der Waals surface area contributed by atoms with Gasteiger partial charge in [-0.2, -0.15) is 5.10 Å². The molecule has 90 valence electrons. The molecule has 0 saturated carbocycles. The Labute approximate surface area is 103 Å². The average molecular weight is 273 g/mol. The molecule has 2 aromatic rings. The van der Waals surface area contributed by atoms with Crippen molar-refractivity contribution in [1.82, 2.24) is 10.2 Å². The number of halogens is 1. The zero-order chi connectivity index (χ0) is 12.5. The third-order valence-electron chi connectivity index (χ3n) is 2.04. The number of H-pyrrole nitrogens is 1. The van der Waals surface area contributed by atoms with Crippen LogP contribution in [-0.2, 0) is 10.0 Å². The Hall–Kier alpha value is -1.73. The molecule has 4 N–H and O–H groups in total. The number of benzene rings is 1. The van der Waals surface area contributed by atoms with Crippen LogP contribution >= 0.6 is 11.6 Å². The summed E-state index contributed by atoms with van der Waals surface area (Å²) >= 11 is 5.72. The summed E-state index contributed by atoms with van der Waals surface area (Å²) in [4.78, 5) is 0.0341. The lowest BCUT2D eigenvalue weighted by molar-refractivity contribution is 0.601. The summed E-state index contributed by atoms with van der Waals surface area (Å²) in [5.41, 5.74) is 6.18. The van der Waals surface area contributed by atoms with Gasteiger partial charge in [0.05, 0.1) is 17.6 Å². The highest BCUT2D eigenvalue weighted by Crippen LogP contribution is 2.24. The summed E-state index contributed by atoms with van der Waals surface area (Å²) in [6.07, 6.45) is 2.48. The molecule has 0 spiro atoms. The second-order valence-electron chi connectivity index (χ2n) is 3.27. The van der Waals surface area contributed by atoms with Crippen LogP contribution in [0.1, 0.15) is 0 Å². The van der Waals surface area contributed by atoms with Gasteiger partial charge in [0, 0.05) is 11.2 Å². The Bertz CT molecular complexity index is 624. The molecule has 0 aliphatic carbocycles. The minimum atomic E-state index is -3.67. The van der Waals surface area contributed by atoms with Crippen LogP contribution < -0.4 is 10.5 Å². The Morgan fingerprint density at radius 3 is 2.76 bits per heavy atom. The van der Waals surface area contributed by atoms with E-state index < -0.39 is 10.0 Å². The van der Waals surface area contributed by atoms with Gasteiger partial charge < -0.3 is 5.73 Å². The fraction of sp³-hybridized carbons (Fsp3) is 0. The summed E-state index contributed by atoms with van der Waals surface area (Å²) in [6.45, 7) is 0. The first-order chi connectivity index (χ1) is 7.99. The predicted molar refractivity (Wildman–Crippen MR) is 65.3 cm³/mol. The van der Waals surface area contributed by atoms with E-state index in [2.05, 4.69) is 14.9 Å². The quantitative estimate of drug-likeness (QED) is 0.736. The van der Waals surface area contributed by atoms with E-state index in [4.69, 9.17) is 17.3 Å². The van der Waals surface area contributed by atoms with Gasteiger partial charge in [-0.05, 0) is 18.2 Å². The number of nitrogen functional groups attached to an aromatic ring is 1. The summed E-state index contributed by atoms with van der Waals surface area (Å²) in [5, 5.41) is 6.43. The Morgan fingerprint density at radius 1 is 1.41 bits per heavy atom. The smallest absolute Gasteiger partial charge is 0.265 e. The van der Waals surface area contributed by atoms with Crippen molar-refractivity contribution in [3.8, 4) is 0 Å². The Balaban J connectivity index is 2.33. The third-order valence-corrected chi connectivity index (χ3v) is 3.61. The average Bonchev–Trinajstić information content (AvgIpc) is 2.76. The SMILES string of the molecule is Nc1cc(Cl)ccc1NS(=O)(=O)c1cn[nH]c1. The van der Waals surface area contributed by atoms with E-state index in [9.17, 15) is 8.42 Å². The number of aromatic nitrogens is 2. The zero-order valence-electron chi connectivity index (χ0n) is 8.51. The number of nitrogens with one attached hydrogen (secondary N) is 2. The van der Waals surface area contributed by atoms with Crippen molar-refractivity contribution in [2.24, 2.45) is 0 Å². The van der Waals surface area contributed by atoms with Crippen molar-refractivity contribution in [3.05, 3.63) is 35.6 Å². The lowest BCUT2D eigenvalue weighted by Gasteiger charge is -2.08. The van der Waals surface area contributed by atoms with E-state index in [-0.39, 0.29) is 16.3 Å². The van der Waals surface area contributed by atoms with Gasteiger partial charge in [0.2, 0.25) is 0 Å². The highest BCUT2D eigenvalue weighted by atomic mass is 35.5. The molecule has 0 unspecified atom stereocenters. The molecule has 6 nitrogen and oxygen atoms in total. The summed E-state index contributed by atoms with van der Waals surface area (Å²) in [7, 11) is -3.67. The van der Waals surface area contributed by atoms with Gasteiger partial charge in [0.25, 0.3) is 10.0 Å². The van der Waals surface area contributed by atoms with Gasteiger partial charge in [-0.25, -0.2) is 8.42 Å². The van der Waals surface area contributed by atoms with Crippen LogP contribution in [0.5, 0.6) is 0 Å². The lowest BCUT2D eigenvalue weighted by Crippen LogP contribution is -2.13. The molecule has 1 aromatic heterocycles. The number of hydrogen-bond acceptors (Lipinski definition) is 4. The molecular weight excluding hydrogens is 264 g/mol. The van der Waals surface area contributed by atoms with E-state index >= 15 is 0 Å². The van der Waals surface area contributed by atoms with Crippen LogP contribution in [0.25, 0.3) is 0 Å². The van der Waals surface area contributed by atoms with Crippen molar-refractivity contribution < 1.29 is 8.42 Å². The molecule has 1 heterocycles. The molecule has 0 radical (unpaired) electrons. The van der Waals surface area contributed by atoms with Crippen LogP contribution in [0.2, 0.25) is 5.02 Å². The first-order valence-corrected chi connectivity index (χ1v) is 6.42. The molecular formula is C9H9ClN4O2S. The summed E-state index contributed by atoms with van der Waals surface area (Å²) < 4.78 is 26.0. The minimum Gasteiger partial charge on any atom is -0.397 e. The number of sulfonamides is 1. The topological polar surface area (TPSA) is 101 Å². The maximum absolute atomic E-state index is 11.8. The Morgan fingerprint density at radius 2 is 2.18 bits per heavy atom. The second-order valence-corrected chi connectivity index (χ2v) is 5.39. The van der Waals surface area contributed by atoms with Crippen molar-refractivity contribution in [2.45, 2.75) is 4.90 Å². The van der Waals surface area contributed by atoms with E-state index in [1.54, 1.807) is 6.07 Å². The molecule has 0 atom stereocenters. The van der Waals surface area contributed by atoms with E-state index in [0.717, 1.165) is 0 Å². The Kier molecular flexibility index (Phi) is 2.95. The standard InChI is InChI=1S/C9H9ClN4O2S/c10-6-1-2-9(8(11)3-6)14-17(15,16)7-4-12-13-5-7/h1-5,14H,11H2,(H,12,13). The normalized spacial score (nSPS) is 11.4. The highest BCUT2D eigenvalue weighted by molar-refractivity contribution is 7.92. The van der Waals surface area contributed by atoms with Crippen LogP contribution in [0.3, 0.4) is 0 Å². The molecule has 0 aliphatic rings. The van der Waals surface area contributed by atoms with Crippen LogP contribution in [-0.4, -0.2) is 18.6 Å². The molecule has 17 heavy (non-hydrogen) atoms. The molecule has 0 bridgehead atoms. The number of rotatable bonds is 3. The maximum Gasteiger partial charge on any atom is 0.265 e. The number of anilines is 2. The molecule has 2 rings (SSSR count). The van der Waals surface area contributed by atoms with Crippen molar-refractivity contribution in [1.29, 1.82) is 0 Å². The van der Waals surface area contributed by atoms with Crippen LogP contribution in [0.15, 0.2) is 35.5 Å². The minimum absolute atomic E-state index is 0.0341. The molecule has 1 aromatic carbocycles. The van der Waals surface area contributed by atoms with E-state index in [1.807, 2.05) is 0 Å². The number of nitrogens with zero attached hydrogens (tertiary/aromatic N) is 1. The number of aromatic amines is 1.